The number of aryl methyl sites for hydroxylation is 1. The van der Waals surface area contributed by atoms with Crippen LogP contribution in [-0.4, -0.2) is 53.3 Å². The van der Waals surface area contributed by atoms with E-state index in [2.05, 4.69) is 25.2 Å². The maximum Gasteiger partial charge on any atom is 0.213 e. The Morgan fingerprint density at radius 3 is 2.54 bits per heavy atom. The van der Waals surface area contributed by atoms with Crippen molar-refractivity contribution >= 4 is 28.1 Å². The number of morpholine rings is 1. The van der Waals surface area contributed by atoms with Crippen LogP contribution in [0.15, 0.2) is 61.1 Å². The highest BCUT2D eigenvalue weighted by atomic mass is 19.1. The maximum atomic E-state index is 15.5. The van der Waals surface area contributed by atoms with Crippen LogP contribution >= 0.6 is 0 Å². The highest BCUT2D eigenvalue weighted by Crippen LogP contribution is 2.40. The third kappa shape index (κ3) is 5.26. The van der Waals surface area contributed by atoms with Gasteiger partial charge in [-0.15, -0.1) is 0 Å². The van der Waals surface area contributed by atoms with Crippen molar-refractivity contribution in [2.24, 2.45) is 0 Å². The highest BCUT2D eigenvalue weighted by Gasteiger charge is 2.21. The topological polar surface area (TPSA) is 85.3 Å². The van der Waals surface area contributed by atoms with Crippen LogP contribution in [0.5, 0.6) is 5.88 Å². The molecule has 0 aliphatic carbocycles. The quantitative estimate of drug-likeness (QED) is 0.264. The first kappa shape index (κ1) is 26.5. The van der Waals surface area contributed by atoms with Gasteiger partial charge in [0.1, 0.15) is 17.5 Å². The molecule has 208 valence electrons. The zero-order chi connectivity index (χ0) is 28.5. The fourth-order valence-electron chi connectivity index (χ4n) is 5.04. The number of halogens is 2. The van der Waals surface area contributed by atoms with Gasteiger partial charge in [0.15, 0.2) is 0 Å². The van der Waals surface area contributed by atoms with Gasteiger partial charge in [-0.25, -0.2) is 23.7 Å². The number of methoxy groups -OCH3 is 1. The monoisotopic (exact) mass is 554 g/mol. The number of rotatable bonds is 6. The molecule has 1 aliphatic heterocycles. The molecule has 0 atom stereocenters. The van der Waals surface area contributed by atoms with E-state index < -0.39 is 11.6 Å². The number of benzene rings is 1. The minimum atomic E-state index is -0.712. The Balaban J connectivity index is 1.57. The van der Waals surface area contributed by atoms with Gasteiger partial charge < -0.3 is 19.7 Å². The number of nitrogens with zero attached hydrogens (tertiary/aromatic N) is 5. The summed E-state index contributed by atoms with van der Waals surface area (Å²) in [7, 11) is 1.56. The van der Waals surface area contributed by atoms with Gasteiger partial charge in [0.25, 0.3) is 0 Å². The van der Waals surface area contributed by atoms with E-state index in [1.807, 2.05) is 44.2 Å². The van der Waals surface area contributed by atoms with Gasteiger partial charge in [-0.2, -0.15) is 0 Å². The third-order valence-corrected chi connectivity index (χ3v) is 7.14. The lowest BCUT2D eigenvalue weighted by Crippen LogP contribution is -2.36. The molecule has 1 aliphatic rings. The molecule has 8 nitrogen and oxygen atoms in total. The van der Waals surface area contributed by atoms with Crippen molar-refractivity contribution in [2.75, 3.05) is 43.6 Å². The molecule has 1 aromatic carbocycles. The standard InChI is InChI=1S/C31H28F2N6O2/c1-18-4-6-34-26(12-18)30-19(2)31(29-23(33)14-21(32)15-25(29)38-30)37-24-16-27(39-8-10-41-11-9-39)36-17-22(24)20-5-7-35-28(13-20)40-3/h4-7,12-17H,8-11H2,1-3H3,(H,36,37,38). The van der Waals surface area contributed by atoms with Crippen molar-refractivity contribution in [3.8, 4) is 28.4 Å². The van der Waals surface area contributed by atoms with Gasteiger partial charge >= 0.3 is 0 Å². The molecule has 6 rings (SSSR count). The van der Waals surface area contributed by atoms with Crippen LogP contribution in [0.2, 0.25) is 0 Å². The smallest absolute Gasteiger partial charge is 0.213 e. The molecule has 1 fully saturated rings. The highest BCUT2D eigenvalue weighted by molar-refractivity contribution is 5.99. The zero-order valence-corrected chi connectivity index (χ0v) is 22.9. The van der Waals surface area contributed by atoms with Crippen LogP contribution < -0.4 is 15.0 Å². The number of ether oxygens (including phenoxy) is 2. The van der Waals surface area contributed by atoms with Gasteiger partial charge in [0.2, 0.25) is 5.88 Å². The summed E-state index contributed by atoms with van der Waals surface area (Å²) in [6, 6.07) is 11.5. The van der Waals surface area contributed by atoms with Gasteiger partial charge in [-0.05, 0) is 43.2 Å². The Morgan fingerprint density at radius 1 is 0.951 bits per heavy atom. The molecule has 5 heterocycles. The summed E-state index contributed by atoms with van der Waals surface area (Å²) < 4.78 is 40.8. The Hall–Kier alpha value is -4.70. The van der Waals surface area contributed by atoms with Gasteiger partial charge in [0.05, 0.1) is 54.0 Å². The Morgan fingerprint density at radius 2 is 1.76 bits per heavy atom. The summed E-state index contributed by atoms with van der Waals surface area (Å²) in [6.07, 6.45) is 5.13. The van der Waals surface area contributed by atoms with E-state index in [-0.39, 0.29) is 10.9 Å². The van der Waals surface area contributed by atoms with Crippen LogP contribution in [0.4, 0.5) is 26.0 Å². The van der Waals surface area contributed by atoms with Crippen LogP contribution in [0.1, 0.15) is 11.1 Å². The van der Waals surface area contributed by atoms with Crippen LogP contribution in [0, 0.1) is 25.5 Å². The first-order valence-electron chi connectivity index (χ1n) is 13.2. The molecule has 41 heavy (non-hydrogen) atoms. The molecule has 1 saturated heterocycles. The van der Waals surface area contributed by atoms with Gasteiger partial charge in [0, 0.05) is 67.1 Å². The molecule has 5 aromatic rings. The lowest BCUT2D eigenvalue weighted by molar-refractivity contribution is 0.122. The van der Waals surface area contributed by atoms with E-state index >= 15 is 4.39 Å². The average molecular weight is 555 g/mol. The number of anilines is 3. The molecule has 0 unspecified atom stereocenters. The Bertz CT molecular complexity index is 1760. The van der Waals surface area contributed by atoms with Crippen LogP contribution in [0.25, 0.3) is 33.4 Å². The van der Waals surface area contributed by atoms with E-state index in [9.17, 15) is 4.39 Å². The lowest BCUT2D eigenvalue weighted by Gasteiger charge is -2.28. The summed E-state index contributed by atoms with van der Waals surface area (Å²) in [5.41, 5.74) is 5.70. The minimum Gasteiger partial charge on any atom is -0.481 e. The summed E-state index contributed by atoms with van der Waals surface area (Å²) in [5, 5.41) is 3.68. The normalized spacial score (nSPS) is 13.4. The van der Waals surface area contributed by atoms with Crippen LogP contribution in [0.3, 0.4) is 0 Å². The molecular formula is C31H28F2N6O2. The first-order chi connectivity index (χ1) is 19.9. The van der Waals surface area contributed by atoms with Crippen molar-refractivity contribution in [3.63, 3.8) is 0 Å². The summed E-state index contributed by atoms with van der Waals surface area (Å²) in [6.45, 7) is 6.42. The average Bonchev–Trinajstić information content (AvgIpc) is 2.98. The predicted molar refractivity (Wildman–Crippen MR) is 155 cm³/mol. The summed E-state index contributed by atoms with van der Waals surface area (Å²) in [5.74, 6) is -0.214. The lowest BCUT2D eigenvalue weighted by atomic mass is 10.0. The minimum absolute atomic E-state index is 0.184. The number of nitrogens with one attached hydrogen (secondary N) is 1. The second kappa shape index (κ2) is 11.1. The largest absolute Gasteiger partial charge is 0.481 e. The molecule has 0 spiro atoms. The predicted octanol–water partition coefficient (Wildman–Crippen LogP) is 6.24. The molecule has 10 heteroatoms. The molecule has 0 radical (unpaired) electrons. The summed E-state index contributed by atoms with van der Waals surface area (Å²) >= 11 is 0. The Kier molecular flexibility index (Phi) is 7.15. The number of pyridine rings is 4. The van der Waals surface area contributed by atoms with Crippen molar-refractivity contribution in [2.45, 2.75) is 13.8 Å². The van der Waals surface area contributed by atoms with Gasteiger partial charge in [-0.1, -0.05) is 0 Å². The van der Waals surface area contributed by atoms with E-state index in [4.69, 9.17) is 14.5 Å². The van der Waals surface area contributed by atoms with E-state index in [0.717, 1.165) is 28.6 Å². The maximum absolute atomic E-state index is 15.5. The molecule has 0 saturated carbocycles. The number of hydrogen-bond acceptors (Lipinski definition) is 8. The van der Waals surface area contributed by atoms with E-state index in [1.54, 1.807) is 25.7 Å². The number of aromatic nitrogens is 4. The molecule has 0 bridgehead atoms. The molecule has 0 amide bonds. The first-order valence-corrected chi connectivity index (χ1v) is 13.2. The molecule has 4 aromatic heterocycles. The number of fused-ring (bicyclic) bond motifs is 1. The second-order valence-corrected chi connectivity index (χ2v) is 9.86. The van der Waals surface area contributed by atoms with E-state index in [0.29, 0.717) is 60.5 Å². The SMILES string of the molecule is COc1cc(-c2cnc(N3CCOCC3)cc2Nc2c(C)c(-c3cc(C)ccn3)nc3cc(F)cc(F)c23)ccn1. The fourth-order valence-corrected chi connectivity index (χ4v) is 5.04. The molecule has 1 N–H and O–H groups in total. The second-order valence-electron chi connectivity index (χ2n) is 9.86. The van der Waals surface area contributed by atoms with Gasteiger partial charge in [-0.3, -0.25) is 4.98 Å². The van der Waals surface area contributed by atoms with E-state index in [1.165, 1.54) is 6.07 Å². The Labute approximate surface area is 236 Å². The third-order valence-electron chi connectivity index (χ3n) is 7.14. The van der Waals surface area contributed by atoms with Crippen molar-refractivity contribution < 1.29 is 18.3 Å². The van der Waals surface area contributed by atoms with Crippen molar-refractivity contribution in [3.05, 3.63) is 83.8 Å². The molecular weight excluding hydrogens is 526 g/mol. The van der Waals surface area contributed by atoms with Crippen LogP contribution in [-0.2, 0) is 4.74 Å². The fraction of sp³-hybridized carbons (Fsp3) is 0.226. The van der Waals surface area contributed by atoms with Crippen molar-refractivity contribution in [1.29, 1.82) is 0 Å². The zero-order valence-electron chi connectivity index (χ0n) is 22.9. The number of hydrogen-bond donors (Lipinski definition) is 1. The summed E-state index contributed by atoms with van der Waals surface area (Å²) in [4.78, 5) is 20.3. The van der Waals surface area contributed by atoms with Crippen molar-refractivity contribution in [1.82, 2.24) is 19.9 Å².